The Labute approximate surface area is 68.5 Å². The predicted molar refractivity (Wildman–Crippen MR) is 45.3 cm³/mol. The monoisotopic (exact) mass is 153 g/mol. The molecule has 1 rings (SSSR count). The molecule has 0 aromatic carbocycles. The summed E-state index contributed by atoms with van der Waals surface area (Å²) < 4.78 is 5.30. The van der Waals surface area contributed by atoms with E-state index in [0.29, 0.717) is 6.04 Å². The number of morpholine rings is 1. The van der Waals surface area contributed by atoms with E-state index in [-0.39, 0.29) is 0 Å². The maximum Gasteiger partial charge on any atom is 0.0619 e. The van der Waals surface area contributed by atoms with Crippen LogP contribution in [0.5, 0.6) is 0 Å². The molecule has 1 saturated heterocycles. The smallest absolute Gasteiger partial charge is 0.0619 e. The standard InChI is InChI=1S/C9H15NO/c1-3-4-5-10-6-7-11-8-9(10)2/h1,9H,4-8H2,2H3. The second-order valence-electron chi connectivity index (χ2n) is 2.91. The lowest BCUT2D eigenvalue weighted by atomic mass is 10.2. The summed E-state index contributed by atoms with van der Waals surface area (Å²) >= 11 is 0. The molecule has 1 atom stereocenters. The first kappa shape index (κ1) is 8.58. The van der Waals surface area contributed by atoms with Crippen molar-refractivity contribution in [2.45, 2.75) is 19.4 Å². The zero-order valence-electron chi connectivity index (χ0n) is 7.05. The minimum absolute atomic E-state index is 0.539. The Hall–Kier alpha value is -0.520. The quantitative estimate of drug-likeness (QED) is 0.542. The zero-order valence-corrected chi connectivity index (χ0v) is 7.05. The summed E-state index contributed by atoms with van der Waals surface area (Å²) in [5, 5.41) is 0. The Balaban J connectivity index is 2.25. The van der Waals surface area contributed by atoms with E-state index in [1.807, 2.05) is 0 Å². The Morgan fingerprint density at radius 3 is 3.18 bits per heavy atom. The molecule has 2 heteroatoms. The van der Waals surface area contributed by atoms with E-state index >= 15 is 0 Å². The third-order valence-corrected chi connectivity index (χ3v) is 2.05. The minimum atomic E-state index is 0.539. The summed E-state index contributed by atoms with van der Waals surface area (Å²) in [5.41, 5.74) is 0. The van der Waals surface area contributed by atoms with Crippen LogP contribution in [-0.2, 0) is 4.74 Å². The number of hydrogen-bond acceptors (Lipinski definition) is 2. The largest absolute Gasteiger partial charge is 0.379 e. The average molecular weight is 153 g/mol. The molecule has 0 amide bonds. The molecule has 11 heavy (non-hydrogen) atoms. The van der Waals surface area contributed by atoms with Gasteiger partial charge in [-0.2, -0.15) is 0 Å². The van der Waals surface area contributed by atoms with Crippen molar-refractivity contribution in [1.29, 1.82) is 0 Å². The molecule has 0 aliphatic carbocycles. The highest BCUT2D eigenvalue weighted by Crippen LogP contribution is 2.05. The van der Waals surface area contributed by atoms with Crippen LogP contribution in [0.3, 0.4) is 0 Å². The molecule has 62 valence electrons. The van der Waals surface area contributed by atoms with Crippen LogP contribution in [0.1, 0.15) is 13.3 Å². The van der Waals surface area contributed by atoms with Gasteiger partial charge >= 0.3 is 0 Å². The molecule has 1 fully saturated rings. The molecule has 1 aliphatic rings. The van der Waals surface area contributed by atoms with Gasteiger partial charge in [0.1, 0.15) is 0 Å². The lowest BCUT2D eigenvalue weighted by Crippen LogP contribution is -2.43. The Morgan fingerprint density at radius 1 is 1.73 bits per heavy atom. The Bertz CT molecular complexity index is 150. The van der Waals surface area contributed by atoms with Crippen LogP contribution in [0, 0.1) is 12.3 Å². The van der Waals surface area contributed by atoms with Crippen LogP contribution < -0.4 is 0 Å². The molecule has 1 heterocycles. The zero-order chi connectivity index (χ0) is 8.10. The minimum Gasteiger partial charge on any atom is -0.379 e. The van der Waals surface area contributed by atoms with Crippen LogP contribution in [-0.4, -0.2) is 37.2 Å². The molecule has 0 saturated carbocycles. The summed E-state index contributed by atoms with van der Waals surface area (Å²) in [4.78, 5) is 2.38. The predicted octanol–water partition coefficient (Wildman–Crippen LogP) is 0.730. The molecule has 0 spiro atoms. The van der Waals surface area contributed by atoms with Crippen molar-refractivity contribution in [2.24, 2.45) is 0 Å². The number of nitrogens with zero attached hydrogens (tertiary/aromatic N) is 1. The van der Waals surface area contributed by atoms with Gasteiger partial charge in [-0.1, -0.05) is 0 Å². The van der Waals surface area contributed by atoms with Crippen LogP contribution in [0.15, 0.2) is 0 Å². The van der Waals surface area contributed by atoms with E-state index in [0.717, 1.165) is 32.7 Å². The summed E-state index contributed by atoms with van der Waals surface area (Å²) in [6.45, 7) is 5.93. The van der Waals surface area contributed by atoms with Crippen LogP contribution >= 0.6 is 0 Å². The van der Waals surface area contributed by atoms with Gasteiger partial charge in [0, 0.05) is 25.6 Å². The molecule has 0 bridgehead atoms. The van der Waals surface area contributed by atoms with Crippen molar-refractivity contribution in [3.8, 4) is 12.3 Å². The number of hydrogen-bond donors (Lipinski definition) is 0. The van der Waals surface area contributed by atoms with Crippen molar-refractivity contribution < 1.29 is 4.74 Å². The highest BCUT2D eigenvalue weighted by Gasteiger charge is 2.16. The fourth-order valence-corrected chi connectivity index (χ4v) is 1.30. The first-order valence-corrected chi connectivity index (χ1v) is 4.10. The van der Waals surface area contributed by atoms with Crippen LogP contribution in [0.4, 0.5) is 0 Å². The Kier molecular flexibility index (Phi) is 3.41. The molecule has 0 aromatic rings. The lowest BCUT2D eigenvalue weighted by Gasteiger charge is -2.32. The molecule has 0 aromatic heterocycles. The van der Waals surface area contributed by atoms with Crippen molar-refractivity contribution >= 4 is 0 Å². The maximum absolute atomic E-state index is 5.30. The normalized spacial score (nSPS) is 26.4. The van der Waals surface area contributed by atoms with Crippen molar-refractivity contribution in [3.05, 3.63) is 0 Å². The van der Waals surface area contributed by atoms with Gasteiger partial charge in [-0.3, -0.25) is 4.90 Å². The second kappa shape index (κ2) is 4.38. The van der Waals surface area contributed by atoms with Gasteiger partial charge in [0.2, 0.25) is 0 Å². The van der Waals surface area contributed by atoms with Gasteiger partial charge in [-0.15, -0.1) is 12.3 Å². The average Bonchev–Trinajstić information content (AvgIpc) is 2.03. The van der Waals surface area contributed by atoms with Gasteiger partial charge in [-0.05, 0) is 6.92 Å². The summed E-state index contributed by atoms with van der Waals surface area (Å²) in [5.74, 6) is 2.65. The van der Waals surface area contributed by atoms with Crippen molar-refractivity contribution in [3.63, 3.8) is 0 Å². The molecule has 1 aliphatic heterocycles. The molecule has 0 N–H and O–H groups in total. The maximum atomic E-state index is 5.30. The summed E-state index contributed by atoms with van der Waals surface area (Å²) in [6, 6.07) is 0.539. The fraction of sp³-hybridized carbons (Fsp3) is 0.778. The van der Waals surface area contributed by atoms with E-state index in [9.17, 15) is 0 Å². The first-order valence-electron chi connectivity index (χ1n) is 4.10. The molecular formula is C9H15NO. The SMILES string of the molecule is C#CCCN1CCOCC1C. The van der Waals surface area contributed by atoms with Crippen LogP contribution in [0.2, 0.25) is 0 Å². The highest BCUT2D eigenvalue weighted by molar-refractivity contribution is 4.86. The topological polar surface area (TPSA) is 12.5 Å². The van der Waals surface area contributed by atoms with Gasteiger partial charge in [-0.25, -0.2) is 0 Å². The third-order valence-electron chi connectivity index (χ3n) is 2.05. The number of rotatable bonds is 2. The third kappa shape index (κ3) is 2.53. The van der Waals surface area contributed by atoms with E-state index in [1.165, 1.54) is 0 Å². The van der Waals surface area contributed by atoms with E-state index < -0.39 is 0 Å². The fourth-order valence-electron chi connectivity index (χ4n) is 1.30. The Morgan fingerprint density at radius 2 is 2.55 bits per heavy atom. The number of ether oxygens (including phenoxy) is 1. The number of terminal acetylenes is 1. The van der Waals surface area contributed by atoms with Crippen molar-refractivity contribution in [2.75, 3.05) is 26.3 Å². The molecule has 0 radical (unpaired) electrons. The second-order valence-corrected chi connectivity index (χ2v) is 2.91. The van der Waals surface area contributed by atoms with Gasteiger partial charge in [0.15, 0.2) is 0 Å². The van der Waals surface area contributed by atoms with Gasteiger partial charge in [0.25, 0.3) is 0 Å². The molecule has 1 unspecified atom stereocenters. The van der Waals surface area contributed by atoms with E-state index in [2.05, 4.69) is 17.7 Å². The van der Waals surface area contributed by atoms with Gasteiger partial charge < -0.3 is 4.74 Å². The summed E-state index contributed by atoms with van der Waals surface area (Å²) in [6.07, 6.45) is 6.03. The highest BCUT2D eigenvalue weighted by atomic mass is 16.5. The first-order chi connectivity index (χ1) is 5.34. The van der Waals surface area contributed by atoms with E-state index in [1.54, 1.807) is 0 Å². The molecular weight excluding hydrogens is 138 g/mol. The lowest BCUT2D eigenvalue weighted by molar-refractivity contribution is 0.000901. The van der Waals surface area contributed by atoms with Crippen molar-refractivity contribution in [1.82, 2.24) is 4.90 Å². The summed E-state index contributed by atoms with van der Waals surface area (Å²) in [7, 11) is 0. The van der Waals surface area contributed by atoms with Crippen LogP contribution in [0.25, 0.3) is 0 Å². The molecule has 2 nitrogen and oxygen atoms in total. The van der Waals surface area contributed by atoms with Gasteiger partial charge in [0.05, 0.1) is 13.2 Å². The van der Waals surface area contributed by atoms with E-state index in [4.69, 9.17) is 11.2 Å².